The van der Waals surface area contributed by atoms with Crippen molar-refractivity contribution >= 4 is 28.1 Å². The Bertz CT molecular complexity index is 1440. The van der Waals surface area contributed by atoms with Crippen LogP contribution < -0.4 is 5.73 Å². The van der Waals surface area contributed by atoms with Crippen molar-refractivity contribution in [3.05, 3.63) is 77.4 Å². The van der Waals surface area contributed by atoms with E-state index >= 15 is 0 Å². The third-order valence-electron chi connectivity index (χ3n) is 5.60. The lowest BCUT2D eigenvalue weighted by Gasteiger charge is -2.17. The van der Waals surface area contributed by atoms with Gasteiger partial charge in [-0.1, -0.05) is 30.3 Å². The predicted molar refractivity (Wildman–Crippen MR) is 120 cm³/mol. The van der Waals surface area contributed by atoms with Gasteiger partial charge in [0.25, 0.3) is 0 Å². The molecule has 0 spiro atoms. The van der Waals surface area contributed by atoms with E-state index in [2.05, 4.69) is 19.9 Å². The number of Topliss-reactive ketones (excluding diaryl/α,β-unsaturated/α-hetero) is 1. The summed E-state index contributed by atoms with van der Waals surface area (Å²) >= 11 is 0. The van der Waals surface area contributed by atoms with E-state index in [-0.39, 0.29) is 18.9 Å². The average molecular weight is 406 g/mol. The number of pyridine rings is 1. The molecule has 3 heterocycles. The number of fused-ring (bicyclic) bond motifs is 2. The molecule has 0 amide bonds. The first-order chi connectivity index (χ1) is 15.1. The number of hydrogen-bond donors (Lipinski definition) is 1. The van der Waals surface area contributed by atoms with Crippen LogP contribution in [0.4, 0.5) is 5.69 Å². The summed E-state index contributed by atoms with van der Waals surface area (Å²) in [5, 5.41) is 5.38. The Morgan fingerprint density at radius 3 is 2.77 bits per heavy atom. The van der Waals surface area contributed by atoms with Crippen LogP contribution in [0.3, 0.4) is 0 Å². The van der Waals surface area contributed by atoms with Crippen LogP contribution in [0.25, 0.3) is 38.1 Å². The molecule has 1 aliphatic heterocycles. The standard InChI is InChI=1S/C24H18N6O/c1-26-23-17(8-5-14-4-3-9-27-22(14)23)24-19(12-29-30(24)2)15-6-7-16-18(10-15)20(11-25)28-13-21(16)31/h3-10,12H,11,13,25H2,2H3. The van der Waals surface area contributed by atoms with E-state index in [9.17, 15) is 4.79 Å². The molecule has 0 fully saturated rings. The SMILES string of the molecule is [C-]#[N+]c1c(-c2c(-c3ccc4c(c3)C(CN)=NCC4=O)cnn2C)ccc2cccnc12. The fraction of sp³-hybridized carbons (Fsp3) is 0.125. The zero-order valence-corrected chi connectivity index (χ0v) is 16.8. The van der Waals surface area contributed by atoms with E-state index in [1.807, 2.05) is 49.5 Å². The maximum absolute atomic E-state index is 12.3. The van der Waals surface area contributed by atoms with Crippen molar-refractivity contribution in [2.24, 2.45) is 17.8 Å². The summed E-state index contributed by atoms with van der Waals surface area (Å²) < 4.78 is 1.76. The minimum absolute atomic E-state index is 0.0129. The summed E-state index contributed by atoms with van der Waals surface area (Å²) in [6.45, 7) is 8.20. The predicted octanol–water partition coefficient (Wildman–Crippen LogP) is 3.80. The number of hydrogen-bond acceptors (Lipinski definition) is 5. The lowest BCUT2D eigenvalue weighted by molar-refractivity contribution is 0.1000. The molecule has 5 rings (SSSR count). The molecule has 7 heteroatoms. The van der Waals surface area contributed by atoms with E-state index in [1.54, 1.807) is 17.1 Å². The Labute approximate surface area is 178 Å². The second kappa shape index (κ2) is 7.27. The van der Waals surface area contributed by atoms with Gasteiger partial charge in [0.1, 0.15) is 6.54 Å². The smallest absolute Gasteiger partial charge is 0.222 e. The Balaban J connectivity index is 1.74. The maximum atomic E-state index is 12.3. The molecule has 4 aromatic rings. The Morgan fingerprint density at radius 2 is 1.97 bits per heavy atom. The van der Waals surface area contributed by atoms with Gasteiger partial charge in [0.2, 0.25) is 5.69 Å². The van der Waals surface area contributed by atoms with Crippen LogP contribution in [0, 0.1) is 6.57 Å². The summed E-state index contributed by atoms with van der Waals surface area (Å²) in [5.41, 5.74) is 12.5. The number of carbonyl (C=O) groups is 1. The van der Waals surface area contributed by atoms with Gasteiger partial charge in [-0.15, -0.1) is 0 Å². The van der Waals surface area contributed by atoms with Gasteiger partial charge in [-0.05, 0) is 23.1 Å². The van der Waals surface area contributed by atoms with Crippen LogP contribution >= 0.6 is 0 Å². The number of ketones is 1. The first-order valence-electron chi connectivity index (χ1n) is 9.81. The number of aliphatic imine (C=N–C) groups is 1. The van der Waals surface area contributed by atoms with Crippen LogP contribution in [0.5, 0.6) is 0 Å². The molecule has 31 heavy (non-hydrogen) atoms. The van der Waals surface area contributed by atoms with Gasteiger partial charge in [-0.2, -0.15) is 5.10 Å². The highest BCUT2D eigenvalue weighted by Crippen LogP contribution is 2.41. The van der Waals surface area contributed by atoms with E-state index in [0.717, 1.165) is 39.0 Å². The van der Waals surface area contributed by atoms with Crippen LogP contribution in [-0.2, 0) is 7.05 Å². The molecule has 2 aromatic heterocycles. The zero-order valence-electron chi connectivity index (χ0n) is 16.8. The molecule has 0 bridgehead atoms. The summed E-state index contributed by atoms with van der Waals surface area (Å²) in [5.74, 6) is -0.0129. The van der Waals surface area contributed by atoms with Gasteiger partial charge in [-0.25, -0.2) is 4.85 Å². The van der Waals surface area contributed by atoms with Crippen molar-refractivity contribution in [3.8, 4) is 22.4 Å². The normalized spacial score (nSPS) is 13.1. The number of aryl methyl sites for hydroxylation is 1. The molecule has 7 nitrogen and oxygen atoms in total. The summed E-state index contributed by atoms with van der Waals surface area (Å²) in [6.07, 6.45) is 3.47. The van der Waals surface area contributed by atoms with Gasteiger partial charge in [0, 0.05) is 42.0 Å². The molecule has 0 atom stereocenters. The largest absolute Gasteiger partial charge is 0.325 e. The van der Waals surface area contributed by atoms with Gasteiger partial charge in [-0.3, -0.25) is 19.5 Å². The molecule has 0 saturated heterocycles. The third kappa shape index (κ3) is 2.93. The van der Waals surface area contributed by atoms with Crippen molar-refractivity contribution in [2.45, 2.75) is 0 Å². The number of benzene rings is 2. The fourth-order valence-corrected chi connectivity index (χ4v) is 4.11. The van der Waals surface area contributed by atoms with Crippen molar-refractivity contribution in [1.82, 2.24) is 14.8 Å². The van der Waals surface area contributed by atoms with Crippen molar-refractivity contribution in [1.29, 1.82) is 0 Å². The van der Waals surface area contributed by atoms with Gasteiger partial charge < -0.3 is 5.73 Å². The molecule has 0 unspecified atom stereocenters. The zero-order chi connectivity index (χ0) is 21.5. The second-order valence-corrected chi connectivity index (χ2v) is 7.33. The number of carbonyl (C=O) groups excluding carboxylic acids is 1. The quantitative estimate of drug-likeness (QED) is 0.524. The lowest BCUT2D eigenvalue weighted by atomic mass is 9.91. The van der Waals surface area contributed by atoms with Gasteiger partial charge in [0.05, 0.1) is 29.7 Å². The van der Waals surface area contributed by atoms with Gasteiger partial charge in [0.15, 0.2) is 5.78 Å². The van der Waals surface area contributed by atoms with Crippen LogP contribution in [-0.4, -0.2) is 39.3 Å². The number of rotatable bonds is 3. The second-order valence-electron chi connectivity index (χ2n) is 7.33. The highest BCUT2D eigenvalue weighted by molar-refractivity contribution is 6.16. The van der Waals surface area contributed by atoms with Crippen LogP contribution in [0.15, 0.2) is 59.9 Å². The Morgan fingerprint density at radius 1 is 1.13 bits per heavy atom. The fourth-order valence-electron chi connectivity index (χ4n) is 4.11. The molecule has 2 N–H and O–H groups in total. The number of aromatic nitrogens is 3. The molecule has 2 aromatic carbocycles. The summed E-state index contributed by atoms with van der Waals surface area (Å²) in [6, 6.07) is 13.4. The van der Waals surface area contributed by atoms with E-state index in [4.69, 9.17) is 12.3 Å². The molecule has 1 aliphatic rings. The van der Waals surface area contributed by atoms with Gasteiger partial charge >= 0.3 is 0 Å². The molecule has 0 saturated carbocycles. The highest BCUT2D eigenvalue weighted by Gasteiger charge is 2.23. The van der Waals surface area contributed by atoms with Crippen LogP contribution in [0.1, 0.15) is 15.9 Å². The first-order valence-corrected chi connectivity index (χ1v) is 9.81. The monoisotopic (exact) mass is 406 g/mol. The highest BCUT2D eigenvalue weighted by atomic mass is 16.1. The average Bonchev–Trinajstić information content (AvgIpc) is 3.19. The van der Waals surface area contributed by atoms with Crippen molar-refractivity contribution in [2.75, 3.05) is 13.1 Å². The molecular weight excluding hydrogens is 388 g/mol. The third-order valence-corrected chi connectivity index (χ3v) is 5.60. The van der Waals surface area contributed by atoms with E-state index < -0.39 is 0 Å². The number of nitrogens with two attached hydrogens (primary N) is 1. The molecule has 0 radical (unpaired) electrons. The van der Waals surface area contributed by atoms with Crippen molar-refractivity contribution in [3.63, 3.8) is 0 Å². The Kier molecular flexibility index (Phi) is 4.42. The Hall–Kier alpha value is -4.15. The topological polar surface area (TPSA) is 90.5 Å². The van der Waals surface area contributed by atoms with E-state index in [0.29, 0.717) is 16.8 Å². The minimum Gasteiger partial charge on any atom is -0.325 e. The first kappa shape index (κ1) is 18.9. The van der Waals surface area contributed by atoms with Crippen molar-refractivity contribution < 1.29 is 4.79 Å². The minimum atomic E-state index is -0.0129. The maximum Gasteiger partial charge on any atom is 0.222 e. The van der Waals surface area contributed by atoms with Crippen LogP contribution in [0.2, 0.25) is 0 Å². The summed E-state index contributed by atoms with van der Waals surface area (Å²) in [4.78, 5) is 24.8. The summed E-state index contributed by atoms with van der Waals surface area (Å²) in [7, 11) is 1.85. The molecular formula is C24H18N6O. The molecule has 0 aliphatic carbocycles. The van der Waals surface area contributed by atoms with E-state index in [1.165, 1.54) is 0 Å². The lowest BCUT2D eigenvalue weighted by Crippen LogP contribution is -2.24. The molecule has 150 valence electrons. The number of nitrogens with zero attached hydrogens (tertiary/aromatic N) is 5.